The first-order valence-corrected chi connectivity index (χ1v) is 6.09. The van der Waals surface area contributed by atoms with E-state index in [1.165, 1.54) is 0 Å². The van der Waals surface area contributed by atoms with Crippen molar-refractivity contribution in [2.45, 2.75) is 6.92 Å². The second-order valence-corrected chi connectivity index (χ2v) is 4.58. The molecule has 0 saturated heterocycles. The van der Waals surface area contributed by atoms with Gasteiger partial charge in [-0.2, -0.15) is 4.98 Å². The normalized spacial score (nSPS) is 10.2. The fourth-order valence-electron chi connectivity index (χ4n) is 1.44. The lowest BCUT2D eigenvalue weighted by Gasteiger charge is -2.11. The van der Waals surface area contributed by atoms with E-state index in [0.717, 1.165) is 21.5 Å². The standard InChI is InChI=1S/C12H13BrN4O/c1-7-6-15-12(14)17-11(7)16-10-5-8(18-2)3-4-9(10)13/h3-6H,1-2H3,(H3,14,15,16,17). The van der Waals surface area contributed by atoms with Crippen molar-refractivity contribution in [2.75, 3.05) is 18.2 Å². The summed E-state index contributed by atoms with van der Waals surface area (Å²) in [7, 11) is 1.63. The number of benzene rings is 1. The van der Waals surface area contributed by atoms with Crippen LogP contribution in [-0.2, 0) is 0 Å². The molecule has 0 fully saturated rings. The van der Waals surface area contributed by atoms with E-state index in [1.54, 1.807) is 13.3 Å². The minimum Gasteiger partial charge on any atom is -0.497 e. The highest BCUT2D eigenvalue weighted by atomic mass is 79.9. The van der Waals surface area contributed by atoms with Gasteiger partial charge in [0.05, 0.1) is 12.8 Å². The van der Waals surface area contributed by atoms with Crippen molar-refractivity contribution in [3.8, 4) is 5.75 Å². The predicted octanol–water partition coefficient (Wildman–Crippen LogP) is 2.88. The summed E-state index contributed by atoms with van der Waals surface area (Å²) in [4.78, 5) is 8.09. The van der Waals surface area contributed by atoms with Gasteiger partial charge in [-0.15, -0.1) is 0 Å². The summed E-state index contributed by atoms with van der Waals surface area (Å²) in [6.07, 6.45) is 1.68. The summed E-state index contributed by atoms with van der Waals surface area (Å²) in [5, 5.41) is 3.20. The van der Waals surface area contributed by atoms with E-state index in [0.29, 0.717) is 5.82 Å². The van der Waals surface area contributed by atoms with E-state index in [4.69, 9.17) is 10.5 Å². The molecule has 0 spiro atoms. The van der Waals surface area contributed by atoms with Crippen molar-refractivity contribution in [3.63, 3.8) is 0 Å². The molecule has 0 atom stereocenters. The maximum Gasteiger partial charge on any atom is 0.221 e. The van der Waals surface area contributed by atoms with Crippen LogP contribution in [0.1, 0.15) is 5.56 Å². The fraction of sp³-hybridized carbons (Fsp3) is 0.167. The Kier molecular flexibility index (Phi) is 3.66. The number of halogens is 1. The average molecular weight is 309 g/mol. The van der Waals surface area contributed by atoms with E-state index < -0.39 is 0 Å². The predicted molar refractivity (Wildman–Crippen MR) is 75.2 cm³/mol. The quantitative estimate of drug-likeness (QED) is 0.912. The highest BCUT2D eigenvalue weighted by Gasteiger charge is 2.06. The van der Waals surface area contributed by atoms with Gasteiger partial charge in [0.2, 0.25) is 5.95 Å². The summed E-state index contributed by atoms with van der Waals surface area (Å²) in [5.74, 6) is 1.68. The van der Waals surface area contributed by atoms with Crippen molar-refractivity contribution in [1.29, 1.82) is 0 Å². The third-order valence-corrected chi connectivity index (χ3v) is 3.11. The Bertz CT molecular complexity index is 574. The van der Waals surface area contributed by atoms with E-state index in [2.05, 4.69) is 31.2 Å². The SMILES string of the molecule is COc1ccc(Br)c(Nc2nc(N)ncc2C)c1. The Morgan fingerprint density at radius 1 is 1.39 bits per heavy atom. The van der Waals surface area contributed by atoms with E-state index >= 15 is 0 Å². The average Bonchev–Trinajstić information content (AvgIpc) is 2.36. The molecule has 0 amide bonds. The molecule has 5 nitrogen and oxygen atoms in total. The Hall–Kier alpha value is -1.82. The molecule has 0 saturated carbocycles. The number of rotatable bonds is 3. The molecule has 6 heteroatoms. The van der Waals surface area contributed by atoms with Gasteiger partial charge in [0.15, 0.2) is 0 Å². The van der Waals surface area contributed by atoms with Crippen LogP contribution in [0.25, 0.3) is 0 Å². The number of methoxy groups -OCH3 is 1. The smallest absolute Gasteiger partial charge is 0.221 e. The minimum atomic E-state index is 0.238. The molecular formula is C12H13BrN4O. The summed E-state index contributed by atoms with van der Waals surface area (Å²) in [5.41, 5.74) is 7.35. The first-order chi connectivity index (χ1) is 8.60. The lowest BCUT2D eigenvalue weighted by atomic mass is 10.3. The van der Waals surface area contributed by atoms with Gasteiger partial charge in [0.25, 0.3) is 0 Å². The monoisotopic (exact) mass is 308 g/mol. The molecular weight excluding hydrogens is 296 g/mol. The lowest BCUT2D eigenvalue weighted by Crippen LogP contribution is -2.02. The zero-order valence-corrected chi connectivity index (χ0v) is 11.7. The van der Waals surface area contributed by atoms with E-state index in [1.807, 2.05) is 25.1 Å². The maximum absolute atomic E-state index is 5.58. The van der Waals surface area contributed by atoms with Gasteiger partial charge in [-0.25, -0.2) is 4.98 Å². The van der Waals surface area contributed by atoms with Crippen LogP contribution in [0, 0.1) is 6.92 Å². The first-order valence-electron chi connectivity index (χ1n) is 5.30. The van der Waals surface area contributed by atoms with Gasteiger partial charge in [-0.1, -0.05) is 0 Å². The molecule has 94 valence electrons. The Morgan fingerprint density at radius 2 is 2.17 bits per heavy atom. The molecule has 0 aliphatic carbocycles. The Morgan fingerprint density at radius 3 is 2.89 bits per heavy atom. The molecule has 18 heavy (non-hydrogen) atoms. The molecule has 1 heterocycles. The zero-order valence-electron chi connectivity index (χ0n) is 10.1. The van der Waals surface area contributed by atoms with Gasteiger partial charge in [-0.05, 0) is 35.0 Å². The van der Waals surface area contributed by atoms with Gasteiger partial charge >= 0.3 is 0 Å². The summed E-state index contributed by atoms with van der Waals surface area (Å²) in [6.45, 7) is 1.91. The van der Waals surface area contributed by atoms with Crippen LogP contribution in [0.4, 0.5) is 17.5 Å². The number of nitrogens with two attached hydrogens (primary N) is 1. The number of hydrogen-bond acceptors (Lipinski definition) is 5. The second-order valence-electron chi connectivity index (χ2n) is 3.73. The van der Waals surface area contributed by atoms with Crippen LogP contribution >= 0.6 is 15.9 Å². The number of nitrogens with one attached hydrogen (secondary N) is 1. The molecule has 1 aromatic carbocycles. The van der Waals surface area contributed by atoms with Gasteiger partial charge in [0, 0.05) is 22.3 Å². The molecule has 0 radical (unpaired) electrons. The Labute approximate surface area is 114 Å². The Balaban J connectivity index is 2.36. The molecule has 1 aromatic heterocycles. The molecule has 0 aliphatic rings. The number of anilines is 3. The summed E-state index contributed by atoms with van der Waals surface area (Å²) >= 11 is 3.47. The van der Waals surface area contributed by atoms with Crippen LogP contribution in [0.5, 0.6) is 5.75 Å². The number of aromatic nitrogens is 2. The largest absolute Gasteiger partial charge is 0.497 e. The van der Waals surface area contributed by atoms with Crippen molar-refractivity contribution >= 4 is 33.4 Å². The number of nitrogen functional groups attached to an aromatic ring is 1. The van der Waals surface area contributed by atoms with Gasteiger partial charge < -0.3 is 15.8 Å². The zero-order chi connectivity index (χ0) is 13.1. The van der Waals surface area contributed by atoms with Crippen LogP contribution in [0.2, 0.25) is 0 Å². The van der Waals surface area contributed by atoms with Crippen LogP contribution in [0.3, 0.4) is 0 Å². The molecule has 2 rings (SSSR count). The minimum absolute atomic E-state index is 0.238. The molecule has 0 aliphatic heterocycles. The number of aryl methyl sites for hydroxylation is 1. The third kappa shape index (κ3) is 2.70. The van der Waals surface area contributed by atoms with Crippen LogP contribution in [-0.4, -0.2) is 17.1 Å². The van der Waals surface area contributed by atoms with Crippen molar-refractivity contribution < 1.29 is 4.74 Å². The highest BCUT2D eigenvalue weighted by Crippen LogP contribution is 2.30. The third-order valence-electron chi connectivity index (χ3n) is 2.42. The van der Waals surface area contributed by atoms with Crippen molar-refractivity contribution in [2.24, 2.45) is 0 Å². The van der Waals surface area contributed by atoms with Crippen LogP contribution < -0.4 is 15.8 Å². The lowest BCUT2D eigenvalue weighted by molar-refractivity contribution is 0.415. The topological polar surface area (TPSA) is 73.1 Å². The van der Waals surface area contributed by atoms with Crippen molar-refractivity contribution in [3.05, 3.63) is 34.4 Å². The van der Waals surface area contributed by atoms with Crippen LogP contribution in [0.15, 0.2) is 28.9 Å². The van der Waals surface area contributed by atoms with E-state index in [9.17, 15) is 0 Å². The van der Waals surface area contributed by atoms with Crippen molar-refractivity contribution in [1.82, 2.24) is 9.97 Å². The molecule has 0 bridgehead atoms. The van der Waals surface area contributed by atoms with E-state index in [-0.39, 0.29) is 5.95 Å². The fourth-order valence-corrected chi connectivity index (χ4v) is 1.78. The first kappa shape index (κ1) is 12.6. The number of nitrogens with zero attached hydrogens (tertiary/aromatic N) is 2. The molecule has 0 unspecified atom stereocenters. The van der Waals surface area contributed by atoms with Gasteiger partial charge in [0.1, 0.15) is 11.6 Å². The number of ether oxygens (including phenoxy) is 1. The maximum atomic E-state index is 5.58. The second kappa shape index (κ2) is 5.22. The molecule has 2 aromatic rings. The highest BCUT2D eigenvalue weighted by molar-refractivity contribution is 9.10. The molecule has 3 N–H and O–H groups in total. The number of hydrogen-bond donors (Lipinski definition) is 2. The van der Waals surface area contributed by atoms with Gasteiger partial charge in [-0.3, -0.25) is 0 Å². The summed E-state index contributed by atoms with van der Waals surface area (Å²) in [6, 6.07) is 5.65. The summed E-state index contributed by atoms with van der Waals surface area (Å²) < 4.78 is 6.10.